The predicted octanol–water partition coefficient (Wildman–Crippen LogP) is -0.670. The van der Waals surface area contributed by atoms with Crippen molar-refractivity contribution in [3.05, 3.63) is 12.8 Å². The Morgan fingerprint density at radius 2 is 2.27 bits per heavy atom. The summed E-state index contributed by atoms with van der Waals surface area (Å²) >= 11 is 0. The molecule has 0 aliphatic heterocycles. The molecule has 0 aromatic heterocycles. The normalized spacial score (nSPS) is 11.0. The van der Waals surface area contributed by atoms with Crippen LogP contribution in [0.5, 0.6) is 0 Å². The monoisotopic (exact) mass is 180 g/mol. The number of nitrogens with two attached hydrogens (primary N) is 1. The molecule has 0 amide bonds. The summed E-state index contributed by atoms with van der Waals surface area (Å²) < 4.78 is 27.4. The average Bonchev–Trinajstić information content (AvgIpc) is 1.85. The number of rotatable bonds is 6. The third-order valence-corrected chi connectivity index (χ3v) is 1.47. The van der Waals surface area contributed by atoms with Crippen molar-refractivity contribution in [2.24, 2.45) is 5.14 Å². The fourth-order valence-electron chi connectivity index (χ4n) is 0.453. The van der Waals surface area contributed by atoms with Crippen LogP contribution in [0.25, 0.3) is 0 Å². The molecule has 0 aromatic carbocycles. The minimum absolute atomic E-state index is 0.284. The highest BCUT2D eigenvalue weighted by Gasteiger charge is 1.97. The molecule has 0 atom stereocenters. The van der Waals surface area contributed by atoms with Gasteiger partial charge < -0.3 is 4.74 Å². The van der Waals surface area contributed by atoms with Crippen LogP contribution in [0.4, 0.5) is 0 Å². The van der Waals surface area contributed by atoms with Crippen molar-refractivity contribution in [1.29, 1.82) is 0 Å². The van der Waals surface area contributed by atoms with Crippen molar-refractivity contribution < 1.29 is 13.2 Å². The maximum absolute atomic E-state index is 10.3. The van der Waals surface area contributed by atoms with Gasteiger partial charge in [0.25, 0.3) is 10.2 Å². The predicted molar refractivity (Wildman–Crippen MR) is 41.9 cm³/mol. The second-order valence-electron chi connectivity index (χ2n) is 1.83. The third kappa shape index (κ3) is 9.41. The number of hydrogen-bond acceptors (Lipinski definition) is 3. The van der Waals surface area contributed by atoms with E-state index in [0.717, 1.165) is 0 Å². The molecule has 0 aliphatic rings. The van der Waals surface area contributed by atoms with Gasteiger partial charge in [0.1, 0.15) is 0 Å². The minimum Gasteiger partial charge on any atom is -0.502 e. The maximum Gasteiger partial charge on any atom is 0.274 e. The second-order valence-corrected chi connectivity index (χ2v) is 3.21. The van der Waals surface area contributed by atoms with E-state index in [0.29, 0.717) is 13.0 Å². The second kappa shape index (κ2) is 5.11. The Labute approximate surface area is 66.4 Å². The van der Waals surface area contributed by atoms with Crippen LogP contribution in [0.1, 0.15) is 6.42 Å². The molecule has 0 rings (SSSR count). The molecule has 0 saturated heterocycles. The van der Waals surface area contributed by atoms with Crippen LogP contribution in [0.15, 0.2) is 12.8 Å². The zero-order valence-corrected chi connectivity index (χ0v) is 6.93. The lowest BCUT2D eigenvalue weighted by atomic mass is 10.5. The molecule has 0 bridgehead atoms. The van der Waals surface area contributed by atoms with Crippen molar-refractivity contribution in [1.82, 2.24) is 4.72 Å². The van der Waals surface area contributed by atoms with Crippen LogP contribution in [-0.2, 0) is 14.9 Å². The largest absolute Gasteiger partial charge is 0.502 e. The van der Waals surface area contributed by atoms with Crippen molar-refractivity contribution in [2.75, 3.05) is 13.2 Å². The van der Waals surface area contributed by atoms with E-state index < -0.39 is 10.2 Å². The lowest BCUT2D eigenvalue weighted by Crippen LogP contribution is -2.31. The van der Waals surface area contributed by atoms with Gasteiger partial charge in [-0.15, -0.1) is 0 Å². The van der Waals surface area contributed by atoms with E-state index in [4.69, 9.17) is 4.74 Å². The lowest BCUT2D eigenvalue weighted by Gasteiger charge is -2.00. The Kier molecular flexibility index (Phi) is 4.84. The average molecular weight is 180 g/mol. The van der Waals surface area contributed by atoms with Gasteiger partial charge in [-0.3, -0.25) is 0 Å². The fraction of sp³-hybridized carbons (Fsp3) is 0.600. The molecule has 0 radical (unpaired) electrons. The first-order valence-electron chi connectivity index (χ1n) is 3.06. The number of hydrogen-bond donors (Lipinski definition) is 2. The van der Waals surface area contributed by atoms with Crippen molar-refractivity contribution in [3.63, 3.8) is 0 Å². The summed E-state index contributed by atoms with van der Waals surface area (Å²) in [5.41, 5.74) is 0. The van der Waals surface area contributed by atoms with Crippen LogP contribution < -0.4 is 9.86 Å². The molecule has 66 valence electrons. The van der Waals surface area contributed by atoms with E-state index in [1.807, 2.05) is 0 Å². The molecule has 0 aliphatic carbocycles. The van der Waals surface area contributed by atoms with Gasteiger partial charge in [-0.1, -0.05) is 6.58 Å². The van der Waals surface area contributed by atoms with Gasteiger partial charge in [0, 0.05) is 6.54 Å². The van der Waals surface area contributed by atoms with Gasteiger partial charge in [0.2, 0.25) is 0 Å². The molecule has 0 fully saturated rings. The van der Waals surface area contributed by atoms with E-state index in [9.17, 15) is 8.42 Å². The van der Waals surface area contributed by atoms with Crippen molar-refractivity contribution in [2.45, 2.75) is 6.42 Å². The van der Waals surface area contributed by atoms with E-state index in [-0.39, 0.29) is 6.54 Å². The molecule has 0 saturated carbocycles. The standard InChI is InChI=1S/C5H12N2O3S/c1-2-10-5-3-4-7-11(6,8)9/h2,7H,1,3-5H2,(H2,6,8,9). The molecule has 5 nitrogen and oxygen atoms in total. The zero-order valence-electron chi connectivity index (χ0n) is 6.12. The summed E-state index contributed by atoms with van der Waals surface area (Å²) in [7, 11) is -3.54. The SMILES string of the molecule is C=COCCCNS(N)(=O)=O. The van der Waals surface area contributed by atoms with E-state index in [1.54, 1.807) is 0 Å². The van der Waals surface area contributed by atoms with Crippen molar-refractivity contribution in [3.8, 4) is 0 Å². The van der Waals surface area contributed by atoms with E-state index in [2.05, 4.69) is 16.4 Å². The Hall–Kier alpha value is -0.590. The summed E-state index contributed by atoms with van der Waals surface area (Å²) in [5.74, 6) is 0. The van der Waals surface area contributed by atoms with Crippen LogP contribution in [0.2, 0.25) is 0 Å². The maximum atomic E-state index is 10.3. The molecular weight excluding hydrogens is 168 g/mol. The van der Waals surface area contributed by atoms with Crippen LogP contribution in [-0.4, -0.2) is 21.6 Å². The topological polar surface area (TPSA) is 81.4 Å². The third-order valence-electron chi connectivity index (χ3n) is 0.860. The summed E-state index contributed by atoms with van der Waals surface area (Å²) in [5, 5.41) is 4.65. The first-order chi connectivity index (χ1) is 5.06. The highest BCUT2D eigenvalue weighted by Crippen LogP contribution is 1.80. The van der Waals surface area contributed by atoms with E-state index in [1.165, 1.54) is 6.26 Å². The van der Waals surface area contributed by atoms with Crippen LogP contribution in [0.3, 0.4) is 0 Å². The van der Waals surface area contributed by atoms with Crippen molar-refractivity contribution >= 4 is 10.2 Å². The molecule has 0 unspecified atom stereocenters. The fourth-order valence-corrected chi connectivity index (χ4v) is 0.882. The summed E-state index contributed by atoms with van der Waals surface area (Å²) in [6.07, 6.45) is 1.87. The molecule has 3 N–H and O–H groups in total. The lowest BCUT2D eigenvalue weighted by molar-refractivity contribution is 0.247. The Morgan fingerprint density at radius 3 is 2.73 bits per heavy atom. The molecule has 0 aromatic rings. The van der Waals surface area contributed by atoms with Gasteiger partial charge in [0.15, 0.2) is 0 Å². The molecule has 11 heavy (non-hydrogen) atoms. The van der Waals surface area contributed by atoms with E-state index >= 15 is 0 Å². The zero-order chi connectivity index (χ0) is 8.74. The Balaban J connectivity index is 3.22. The highest BCUT2D eigenvalue weighted by molar-refractivity contribution is 7.87. The number of ether oxygens (including phenoxy) is 1. The molecule has 0 spiro atoms. The van der Waals surface area contributed by atoms with Gasteiger partial charge in [-0.25, -0.2) is 9.86 Å². The molecule has 6 heteroatoms. The highest BCUT2D eigenvalue weighted by atomic mass is 32.2. The number of nitrogens with one attached hydrogen (secondary N) is 1. The first kappa shape index (κ1) is 10.4. The molecular formula is C5H12N2O3S. The summed E-state index contributed by atoms with van der Waals surface area (Å²) in [6.45, 7) is 4.04. The van der Waals surface area contributed by atoms with Crippen LogP contribution >= 0.6 is 0 Å². The Bertz CT molecular complexity index is 200. The van der Waals surface area contributed by atoms with Gasteiger partial charge >= 0.3 is 0 Å². The smallest absolute Gasteiger partial charge is 0.274 e. The minimum atomic E-state index is -3.54. The Morgan fingerprint density at radius 1 is 1.64 bits per heavy atom. The quantitative estimate of drug-likeness (QED) is 0.420. The van der Waals surface area contributed by atoms with Gasteiger partial charge in [0.05, 0.1) is 12.9 Å². The van der Waals surface area contributed by atoms with Crippen LogP contribution in [0, 0.1) is 0 Å². The van der Waals surface area contributed by atoms with Gasteiger partial charge in [-0.05, 0) is 6.42 Å². The van der Waals surface area contributed by atoms with Gasteiger partial charge in [-0.2, -0.15) is 8.42 Å². The first-order valence-corrected chi connectivity index (χ1v) is 4.61. The summed E-state index contributed by atoms with van der Waals surface area (Å²) in [4.78, 5) is 0. The molecule has 0 heterocycles. The summed E-state index contributed by atoms with van der Waals surface area (Å²) in [6, 6.07) is 0.